The van der Waals surface area contributed by atoms with Crippen LogP contribution in [0.4, 0.5) is 10.7 Å². The van der Waals surface area contributed by atoms with Crippen molar-refractivity contribution in [3.8, 4) is 11.1 Å². The molecule has 2 N–H and O–H groups in total. The molecule has 1 aliphatic rings. The highest BCUT2D eigenvalue weighted by molar-refractivity contribution is 7.14. The van der Waals surface area contributed by atoms with E-state index in [1.807, 2.05) is 42.4 Å². The van der Waals surface area contributed by atoms with Crippen LogP contribution in [0.25, 0.3) is 16.8 Å². The molecule has 0 unspecified atom stereocenters. The second kappa shape index (κ2) is 6.63. The molecule has 0 saturated heterocycles. The van der Waals surface area contributed by atoms with E-state index in [1.54, 1.807) is 11.3 Å². The Labute approximate surface area is 162 Å². The van der Waals surface area contributed by atoms with E-state index in [-0.39, 0.29) is 0 Å². The molecule has 0 atom stereocenters. The maximum atomic E-state index is 6.41. The van der Waals surface area contributed by atoms with Crippen LogP contribution in [0.2, 0.25) is 5.02 Å². The Morgan fingerprint density at radius 1 is 1.23 bits per heavy atom. The maximum absolute atomic E-state index is 6.41. The summed E-state index contributed by atoms with van der Waals surface area (Å²) in [6.45, 7) is 6.99. The van der Waals surface area contributed by atoms with Gasteiger partial charge in [0, 0.05) is 32.9 Å². The van der Waals surface area contributed by atoms with Crippen LogP contribution in [0.1, 0.15) is 16.7 Å². The lowest BCUT2D eigenvalue weighted by Gasteiger charge is -2.26. The number of nitrogen functional groups attached to an aromatic ring is 1. The smallest absolute Gasteiger partial charge is 0.127 e. The zero-order valence-electron chi connectivity index (χ0n) is 14.4. The third-order valence-corrected chi connectivity index (χ3v) is 5.71. The summed E-state index contributed by atoms with van der Waals surface area (Å²) in [4.78, 5) is 6.66. The van der Waals surface area contributed by atoms with E-state index in [1.165, 1.54) is 0 Å². The van der Waals surface area contributed by atoms with Crippen LogP contribution >= 0.6 is 22.9 Å². The molecule has 130 valence electrons. The molecule has 26 heavy (non-hydrogen) atoms. The summed E-state index contributed by atoms with van der Waals surface area (Å²) in [6.07, 6.45) is 1.83. The van der Waals surface area contributed by atoms with Gasteiger partial charge < -0.3 is 10.6 Å². The molecular weight excluding hydrogens is 362 g/mol. The zero-order valence-corrected chi connectivity index (χ0v) is 15.9. The molecule has 1 aliphatic heterocycles. The molecule has 3 aromatic rings. The Morgan fingerprint density at radius 2 is 2.08 bits per heavy atom. The fourth-order valence-corrected chi connectivity index (χ4v) is 4.31. The van der Waals surface area contributed by atoms with Gasteiger partial charge in [0.05, 0.1) is 12.9 Å². The van der Waals surface area contributed by atoms with Crippen molar-refractivity contribution in [1.82, 2.24) is 4.90 Å². The first kappa shape index (κ1) is 16.9. The van der Waals surface area contributed by atoms with Gasteiger partial charge in [-0.3, -0.25) is 0 Å². The predicted octanol–water partition coefficient (Wildman–Crippen LogP) is 6.11. The number of rotatable bonds is 3. The third-order valence-electron chi connectivity index (χ3n) is 4.47. The number of nitrogens with two attached hydrogens (primary N) is 1. The second-order valence-electron chi connectivity index (χ2n) is 6.37. The minimum Gasteiger partial charge on any atom is -0.399 e. The summed E-state index contributed by atoms with van der Waals surface area (Å²) >= 11 is 8.03. The van der Waals surface area contributed by atoms with Crippen molar-refractivity contribution in [2.45, 2.75) is 13.5 Å². The van der Waals surface area contributed by atoms with Gasteiger partial charge in [0.1, 0.15) is 5.00 Å². The van der Waals surface area contributed by atoms with Crippen molar-refractivity contribution in [2.24, 2.45) is 4.99 Å². The largest absolute Gasteiger partial charge is 0.399 e. The Hall–Kier alpha value is -2.56. The summed E-state index contributed by atoms with van der Waals surface area (Å²) < 4.78 is 0. The predicted molar refractivity (Wildman–Crippen MR) is 113 cm³/mol. The van der Waals surface area contributed by atoms with Gasteiger partial charge in [0.15, 0.2) is 0 Å². The molecule has 4 rings (SSSR count). The van der Waals surface area contributed by atoms with Gasteiger partial charge in [0.2, 0.25) is 0 Å². The summed E-state index contributed by atoms with van der Waals surface area (Å²) in [6, 6.07) is 14.0. The molecule has 3 nitrogen and oxygen atoms in total. The number of hydrogen-bond donors (Lipinski definition) is 1. The number of hydrogen-bond acceptors (Lipinski definition) is 4. The molecule has 0 spiro atoms. The number of thiophene rings is 1. The van der Waals surface area contributed by atoms with Crippen molar-refractivity contribution in [3.63, 3.8) is 0 Å². The van der Waals surface area contributed by atoms with Crippen LogP contribution in [-0.4, -0.2) is 11.2 Å². The minimum atomic E-state index is 0.632. The topological polar surface area (TPSA) is 41.6 Å². The van der Waals surface area contributed by atoms with E-state index < -0.39 is 0 Å². The quantitative estimate of drug-likeness (QED) is 0.558. The first-order valence-corrected chi connectivity index (χ1v) is 9.51. The van der Waals surface area contributed by atoms with Crippen molar-refractivity contribution in [2.75, 3.05) is 5.73 Å². The van der Waals surface area contributed by atoms with E-state index in [0.717, 1.165) is 49.2 Å². The molecular formula is C21H18ClN3S. The van der Waals surface area contributed by atoms with Crippen LogP contribution in [0.3, 0.4) is 0 Å². The van der Waals surface area contributed by atoms with Crippen molar-refractivity contribution >= 4 is 45.7 Å². The number of nitrogens with zero attached hydrogens (tertiary/aromatic N) is 2. The monoisotopic (exact) mass is 379 g/mol. The first-order valence-electron chi connectivity index (χ1n) is 8.25. The summed E-state index contributed by atoms with van der Waals surface area (Å²) in [5, 5.41) is 3.85. The minimum absolute atomic E-state index is 0.632. The van der Waals surface area contributed by atoms with Crippen LogP contribution in [-0.2, 0) is 6.54 Å². The SMILES string of the molecule is C=C1c2c(-c3cccc(N)c3)csc2N=CN1Cc1ccc(C)cc1Cl. The molecule has 0 fully saturated rings. The average Bonchev–Trinajstić information content (AvgIpc) is 3.04. The number of anilines is 1. The Bertz CT molecular complexity index is 1040. The number of fused-ring (bicyclic) bond motifs is 1. The third kappa shape index (κ3) is 3.02. The van der Waals surface area contributed by atoms with Crippen LogP contribution in [0, 0.1) is 6.92 Å². The van der Waals surface area contributed by atoms with Gasteiger partial charge in [-0.1, -0.05) is 42.4 Å². The molecule has 0 saturated carbocycles. The van der Waals surface area contributed by atoms with Crippen molar-refractivity contribution < 1.29 is 0 Å². The molecule has 2 heterocycles. The molecule has 5 heteroatoms. The van der Waals surface area contributed by atoms with E-state index in [9.17, 15) is 0 Å². The van der Waals surface area contributed by atoms with Gasteiger partial charge in [-0.25, -0.2) is 4.99 Å². The number of benzene rings is 2. The molecule has 0 amide bonds. The summed E-state index contributed by atoms with van der Waals surface area (Å²) in [7, 11) is 0. The van der Waals surface area contributed by atoms with E-state index in [2.05, 4.69) is 35.2 Å². The van der Waals surface area contributed by atoms with E-state index in [0.29, 0.717) is 6.54 Å². The number of aryl methyl sites for hydroxylation is 1. The molecule has 0 radical (unpaired) electrons. The molecule has 2 aromatic carbocycles. The number of halogens is 1. The first-order chi connectivity index (χ1) is 12.5. The van der Waals surface area contributed by atoms with Crippen molar-refractivity contribution in [1.29, 1.82) is 0 Å². The summed E-state index contributed by atoms with van der Waals surface area (Å²) in [5.74, 6) is 0. The van der Waals surface area contributed by atoms with Gasteiger partial charge >= 0.3 is 0 Å². The van der Waals surface area contributed by atoms with Gasteiger partial charge in [-0.05, 0) is 41.8 Å². The molecule has 0 bridgehead atoms. The fraction of sp³-hybridized carbons (Fsp3) is 0.0952. The second-order valence-corrected chi connectivity index (χ2v) is 7.63. The van der Waals surface area contributed by atoms with Gasteiger partial charge in [-0.2, -0.15) is 0 Å². The van der Waals surface area contributed by atoms with Gasteiger partial charge in [0.25, 0.3) is 0 Å². The van der Waals surface area contributed by atoms with Crippen LogP contribution < -0.4 is 5.73 Å². The molecule has 1 aromatic heterocycles. The lowest BCUT2D eigenvalue weighted by molar-refractivity contribution is 0.592. The van der Waals surface area contributed by atoms with E-state index in [4.69, 9.17) is 17.3 Å². The number of aliphatic imine (C=N–C) groups is 1. The highest BCUT2D eigenvalue weighted by atomic mass is 35.5. The van der Waals surface area contributed by atoms with E-state index >= 15 is 0 Å². The highest BCUT2D eigenvalue weighted by Gasteiger charge is 2.23. The highest BCUT2D eigenvalue weighted by Crippen LogP contribution is 2.44. The van der Waals surface area contributed by atoms with Crippen molar-refractivity contribution in [3.05, 3.63) is 76.1 Å². The average molecular weight is 380 g/mol. The zero-order chi connectivity index (χ0) is 18.3. The lowest BCUT2D eigenvalue weighted by Crippen LogP contribution is -2.21. The molecule has 0 aliphatic carbocycles. The van der Waals surface area contributed by atoms with Gasteiger partial charge in [-0.15, -0.1) is 11.3 Å². The van der Waals surface area contributed by atoms with Crippen LogP contribution in [0.5, 0.6) is 0 Å². The maximum Gasteiger partial charge on any atom is 0.127 e. The summed E-state index contributed by atoms with van der Waals surface area (Å²) in [5.41, 5.74) is 13.1. The fourth-order valence-electron chi connectivity index (χ4n) is 3.08. The van der Waals surface area contributed by atoms with Crippen LogP contribution in [0.15, 0.2) is 59.4 Å². The normalized spacial score (nSPS) is 13.2. The Balaban J connectivity index is 1.69. The Kier molecular flexibility index (Phi) is 4.31. The standard InChI is InChI=1S/C21H18ClN3S/c1-13-6-7-16(19(22)8-13)10-25-12-24-21-20(14(25)2)18(11-26-21)15-4-3-5-17(23)9-15/h3-9,11-12H,2,10,23H2,1H3. The lowest BCUT2D eigenvalue weighted by atomic mass is 10.0. The Morgan fingerprint density at radius 3 is 2.85 bits per heavy atom.